The van der Waals surface area contributed by atoms with Crippen LogP contribution in [0.15, 0.2) is 50.5 Å². The molecule has 0 bridgehead atoms. The number of oxazole rings is 1. The number of anilines is 1. The second-order valence-electron chi connectivity index (χ2n) is 7.18. The van der Waals surface area contributed by atoms with Gasteiger partial charge in [-0.25, -0.2) is 13.2 Å². The van der Waals surface area contributed by atoms with Crippen LogP contribution in [0.4, 0.5) is 5.69 Å². The van der Waals surface area contributed by atoms with Crippen molar-refractivity contribution in [2.24, 2.45) is 0 Å². The van der Waals surface area contributed by atoms with Gasteiger partial charge in [0.1, 0.15) is 0 Å². The Hall–Kier alpha value is -2.33. The highest BCUT2D eigenvalue weighted by molar-refractivity contribution is 7.89. The zero-order valence-electron chi connectivity index (χ0n) is 16.3. The molecule has 1 aliphatic heterocycles. The summed E-state index contributed by atoms with van der Waals surface area (Å²) in [6.07, 6.45) is 1.65. The van der Waals surface area contributed by atoms with Gasteiger partial charge in [-0.05, 0) is 43.2 Å². The van der Waals surface area contributed by atoms with Gasteiger partial charge in [0, 0.05) is 37.1 Å². The van der Waals surface area contributed by atoms with E-state index in [0.717, 1.165) is 12.8 Å². The van der Waals surface area contributed by atoms with Crippen LogP contribution >= 0.6 is 23.2 Å². The minimum atomic E-state index is -3.63. The molecule has 0 spiro atoms. The monoisotopic (exact) mass is 483 g/mol. The summed E-state index contributed by atoms with van der Waals surface area (Å²) in [4.78, 5) is 24.7. The third-order valence-corrected chi connectivity index (χ3v) is 7.55. The lowest BCUT2D eigenvalue weighted by Crippen LogP contribution is -2.27. The van der Waals surface area contributed by atoms with Crippen molar-refractivity contribution in [1.29, 1.82) is 0 Å². The summed E-state index contributed by atoms with van der Waals surface area (Å²) in [5.74, 6) is -1.01. The van der Waals surface area contributed by atoms with Crippen LogP contribution in [0.2, 0.25) is 10.0 Å². The van der Waals surface area contributed by atoms with Crippen LogP contribution in [0.1, 0.15) is 19.3 Å². The van der Waals surface area contributed by atoms with Crippen LogP contribution in [0.5, 0.6) is 0 Å². The molecule has 0 atom stereocenters. The van der Waals surface area contributed by atoms with E-state index in [1.807, 2.05) is 0 Å². The van der Waals surface area contributed by atoms with E-state index >= 15 is 0 Å². The molecule has 11 heteroatoms. The van der Waals surface area contributed by atoms with Crippen molar-refractivity contribution in [3.63, 3.8) is 0 Å². The maximum atomic E-state index is 12.7. The Kier molecular flexibility index (Phi) is 6.11. The number of carbonyl (C=O) groups is 1. The zero-order chi connectivity index (χ0) is 22.2. The highest BCUT2D eigenvalue weighted by Crippen LogP contribution is 2.26. The molecule has 3 aromatic rings. The molecule has 8 nitrogen and oxygen atoms in total. The van der Waals surface area contributed by atoms with Crippen molar-refractivity contribution < 1.29 is 17.6 Å². The predicted molar refractivity (Wildman–Crippen MR) is 118 cm³/mol. The first-order chi connectivity index (χ1) is 14.8. The molecule has 0 unspecified atom stereocenters. The van der Waals surface area contributed by atoms with Crippen LogP contribution in [-0.4, -0.2) is 36.3 Å². The highest BCUT2D eigenvalue weighted by atomic mass is 35.5. The van der Waals surface area contributed by atoms with Gasteiger partial charge in [0.25, 0.3) is 0 Å². The molecule has 31 heavy (non-hydrogen) atoms. The molecule has 1 N–H and O–H groups in total. The summed E-state index contributed by atoms with van der Waals surface area (Å²) in [7, 11) is -3.63. The second kappa shape index (κ2) is 8.66. The molecule has 164 valence electrons. The zero-order valence-corrected chi connectivity index (χ0v) is 18.6. The lowest BCUT2D eigenvalue weighted by atomic mass is 10.3. The molecule has 1 aromatic heterocycles. The van der Waals surface area contributed by atoms with E-state index in [1.54, 1.807) is 12.1 Å². The largest absolute Gasteiger partial charge is 0.419 e. The van der Waals surface area contributed by atoms with Crippen molar-refractivity contribution in [3.05, 3.63) is 57.0 Å². The van der Waals surface area contributed by atoms with E-state index in [9.17, 15) is 18.0 Å². The van der Waals surface area contributed by atoms with E-state index in [4.69, 9.17) is 27.6 Å². The fraction of sp³-hybridized carbons (Fsp3) is 0.300. The summed E-state index contributed by atoms with van der Waals surface area (Å²) < 4.78 is 33.4. The SMILES string of the molecule is O=C(CCn1c(=O)oc2cc(S(=O)(=O)N3CCCC3)ccc21)Nc1ccc(Cl)cc1Cl. The van der Waals surface area contributed by atoms with Crippen LogP contribution in [0, 0.1) is 0 Å². The van der Waals surface area contributed by atoms with Crippen LogP contribution in [-0.2, 0) is 21.4 Å². The average molecular weight is 484 g/mol. The van der Waals surface area contributed by atoms with Gasteiger partial charge >= 0.3 is 5.76 Å². The number of rotatable bonds is 6. The van der Waals surface area contributed by atoms with E-state index in [1.165, 1.54) is 33.1 Å². The lowest BCUT2D eigenvalue weighted by Gasteiger charge is -2.15. The first-order valence-corrected chi connectivity index (χ1v) is 11.8. The maximum Gasteiger partial charge on any atom is 0.419 e. The molecular weight excluding hydrogens is 465 g/mol. The standard InChI is InChI=1S/C20H19Cl2N3O5S/c21-13-3-5-16(15(22)11-13)23-19(26)7-10-25-17-6-4-14(12-18(17)30-20(25)27)31(28,29)24-8-1-2-9-24/h3-6,11-12H,1-2,7-10H2,(H,23,26). The molecule has 1 fully saturated rings. The molecule has 0 saturated carbocycles. The molecular formula is C20H19Cl2N3O5S. The Morgan fingerprint density at radius 1 is 1.10 bits per heavy atom. The number of aromatic nitrogens is 1. The fourth-order valence-electron chi connectivity index (χ4n) is 3.51. The van der Waals surface area contributed by atoms with E-state index in [0.29, 0.717) is 34.3 Å². The maximum absolute atomic E-state index is 12.7. The number of hydrogen-bond acceptors (Lipinski definition) is 5. The topological polar surface area (TPSA) is 102 Å². The third kappa shape index (κ3) is 4.50. The number of benzene rings is 2. The van der Waals surface area contributed by atoms with Gasteiger partial charge in [0.2, 0.25) is 15.9 Å². The van der Waals surface area contributed by atoms with Gasteiger partial charge in [-0.2, -0.15) is 4.31 Å². The van der Waals surface area contributed by atoms with Crippen molar-refractivity contribution in [1.82, 2.24) is 8.87 Å². The van der Waals surface area contributed by atoms with Gasteiger partial charge in [0.15, 0.2) is 5.58 Å². The number of fused-ring (bicyclic) bond motifs is 1. The fourth-order valence-corrected chi connectivity index (χ4v) is 5.50. The third-order valence-electron chi connectivity index (χ3n) is 5.11. The number of carbonyl (C=O) groups excluding carboxylic acids is 1. The van der Waals surface area contributed by atoms with Gasteiger partial charge < -0.3 is 9.73 Å². The summed E-state index contributed by atoms with van der Waals surface area (Å²) in [6, 6.07) is 9.04. The molecule has 1 amide bonds. The average Bonchev–Trinajstić information content (AvgIpc) is 3.36. The van der Waals surface area contributed by atoms with Crippen LogP contribution in [0.3, 0.4) is 0 Å². The first-order valence-electron chi connectivity index (χ1n) is 9.64. The highest BCUT2D eigenvalue weighted by Gasteiger charge is 2.28. The van der Waals surface area contributed by atoms with Crippen LogP contribution < -0.4 is 11.1 Å². The van der Waals surface area contributed by atoms with Crippen molar-refractivity contribution in [3.8, 4) is 0 Å². The first kappa shape index (κ1) is 21.9. The molecule has 4 rings (SSSR count). The van der Waals surface area contributed by atoms with Gasteiger partial charge in [0.05, 0.1) is 21.1 Å². The Balaban J connectivity index is 1.51. The number of nitrogens with one attached hydrogen (secondary N) is 1. The molecule has 2 heterocycles. The minimum Gasteiger partial charge on any atom is -0.408 e. The predicted octanol–water partition coefficient (Wildman–Crippen LogP) is 3.71. The van der Waals surface area contributed by atoms with Gasteiger partial charge in [-0.3, -0.25) is 9.36 Å². The molecule has 1 aliphatic rings. The Morgan fingerprint density at radius 2 is 1.84 bits per heavy atom. The number of aryl methyl sites for hydroxylation is 1. The van der Waals surface area contributed by atoms with Gasteiger partial charge in [-0.1, -0.05) is 23.2 Å². The van der Waals surface area contributed by atoms with Crippen molar-refractivity contribution in [2.75, 3.05) is 18.4 Å². The number of halogens is 2. The van der Waals surface area contributed by atoms with E-state index < -0.39 is 15.8 Å². The molecule has 0 radical (unpaired) electrons. The summed E-state index contributed by atoms with van der Waals surface area (Å²) in [5.41, 5.74) is 0.992. The Morgan fingerprint density at radius 3 is 2.55 bits per heavy atom. The van der Waals surface area contributed by atoms with Crippen molar-refractivity contribution >= 4 is 55.9 Å². The molecule has 1 saturated heterocycles. The molecule has 0 aliphatic carbocycles. The second-order valence-corrected chi connectivity index (χ2v) is 9.96. The quantitative estimate of drug-likeness (QED) is 0.575. The van der Waals surface area contributed by atoms with E-state index in [-0.39, 0.29) is 29.4 Å². The summed E-state index contributed by atoms with van der Waals surface area (Å²) in [6.45, 7) is 1.03. The van der Waals surface area contributed by atoms with Crippen LogP contribution in [0.25, 0.3) is 11.1 Å². The Bertz CT molecular complexity index is 1310. The lowest BCUT2D eigenvalue weighted by molar-refractivity contribution is -0.116. The molecule has 2 aromatic carbocycles. The Labute approximate surface area is 188 Å². The van der Waals surface area contributed by atoms with Gasteiger partial charge in [-0.15, -0.1) is 0 Å². The van der Waals surface area contributed by atoms with E-state index in [2.05, 4.69) is 5.32 Å². The smallest absolute Gasteiger partial charge is 0.408 e. The number of sulfonamides is 1. The number of hydrogen-bond donors (Lipinski definition) is 1. The summed E-state index contributed by atoms with van der Waals surface area (Å²) >= 11 is 11.9. The summed E-state index contributed by atoms with van der Waals surface area (Å²) in [5, 5.41) is 3.42. The number of nitrogens with zero attached hydrogens (tertiary/aromatic N) is 2. The minimum absolute atomic E-state index is 0.0126. The number of amides is 1. The van der Waals surface area contributed by atoms with Crippen molar-refractivity contribution in [2.45, 2.75) is 30.7 Å². The normalized spacial score (nSPS) is 14.9.